The van der Waals surface area contributed by atoms with Gasteiger partial charge in [-0.25, -0.2) is 4.79 Å². The number of ether oxygens (including phenoxy) is 2. The van der Waals surface area contributed by atoms with Gasteiger partial charge in [-0.15, -0.1) is 0 Å². The first-order valence-electron chi connectivity index (χ1n) is 7.61. The number of carbonyl (C=O) groups is 2. The highest BCUT2D eigenvalue weighted by atomic mass is 16.6. The Bertz CT molecular complexity index is 561. The maximum Gasteiger partial charge on any atom is 0.410 e. The molecule has 6 nitrogen and oxygen atoms in total. The molecule has 2 aliphatic heterocycles. The van der Waals surface area contributed by atoms with Gasteiger partial charge in [-0.2, -0.15) is 0 Å². The van der Waals surface area contributed by atoms with Gasteiger partial charge < -0.3 is 14.8 Å². The van der Waals surface area contributed by atoms with Crippen LogP contribution in [-0.4, -0.2) is 49.7 Å². The van der Waals surface area contributed by atoms with Gasteiger partial charge >= 0.3 is 6.09 Å². The van der Waals surface area contributed by atoms with Crippen molar-refractivity contribution in [2.24, 2.45) is 5.92 Å². The number of para-hydroxylation sites is 1. The Kier molecular flexibility index (Phi) is 4.46. The molecule has 0 saturated carbocycles. The fraction of sp³-hybridized carbons (Fsp3) is 0.500. The second-order valence-corrected chi connectivity index (χ2v) is 5.66. The number of carbonyl (C=O) groups excluding carboxylic acids is 2. The summed E-state index contributed by atoms with van der Waals surface area (Å²) in [5.41, 5.74) is 1.18. The van der Waals surface area contributed by atoms with Crippen molar-refractivity contribution < 1.29 is 19.1 Å². The lowest BCUT2D eigenvalue weighted by Crippen LogP contribution is -2.39. The van der Waals surface area contributed by atoms with Crippen LogP contribution in [0.2, 0.25) is 0 Å². The lowest BCUT2D eigenvalue weighted by Gasteiger charge is -2.16. The molecule has 6 heteroatoms. The van der Waals surface area contributed by atoms with Gasteiger partial charge in [0.25, 0.3) is 0 Å². The third-order valence-electron chi connectivity index (χ3n) is 4.03. The highest BCUT2D eigenvalue weighted by Crippen LogP contribution is 2.26. The van der Waals surface area contributed by atoms with Crippen molar-refractivity contribution in [2.45, 2.75) is 12.8 Å². The van der Waals surface area contributed by atoms with Crippen molar-refractivity contribution in [1.29, 1.82) is 0 Å². The van der Waals surface area contributed by atoms with Gasteiger partial charge in [-0.1, -0.05) is 18.2 Å². The average Bonchev–Trinajstić information content (AvgIpc) is 2.81. The number of nitrogens with zero attached hydrogens (tertiary/aromatic N) is 1. The molecule has 3 rings (SSSR count). The smallest absolute Gasteiger partial charge is 0.410 e. The summed E-state index contributed by atoms with van der Waals surface area (Å²) < 4.78 is 10.5. The molecule has 1 N–H and O–H groups in total. The van der Waals surface area contributed by atoms with Gasteiger partial charge in [0.1, 0.15) is 18.9 Å². The summed E-state index contributed by atoms with van der Waals surface area (Å²) in [6.45, 7) is 2.17. The molecule has 2 heterocycles. The maximum atomic E-state index is 11.9. The summed E-state index contributed by atoms with van der Waals surface area (Å²) in [4.78, 5) is 24.7. The van der Waals surface area contributed by atoms with E-state index in [1.54, 1.807) is 0 Å². The van der Waals surface area contributed by atoms with Crippen molar-refractivity contribution in [2.75, 3.05) is 32.8 Å². The SMILES string of the molecule is O=C(CN1CCOC1=O)NCC1CCOc2ccccc2C1. The predicted octanol–water partition coefficient (Wildman–Crippen LogP) is 1.20. The minimum absolute atomic E-state index is 0.0681. The third kappa shape index (κ3) is 3.50. The van der Waals surface area contributed by atoms with Gasteiger partial charge in [-0.05, 0) is 30.4 Å². The van der Waals surface area contributed by atoms with E-state index < -0.39 is 6.09 Å². The van der Waals surface area contributed by atoms with Gasteiger partial charge in [-0.3, -0.25) is 9.69 Å². The zero-order chi connectivity index (χ0) is 15.4. The number of fused-ring (bicyclic) bond motifs is 1. The molecule has 2 aliphatic rings. The van der Waals surface area contributed by atoms with Gasteiger partial charge in [0.15, 0.2) is 0 Å². The first-order valence-corrected chi connectivity index (χ1v) is 7.61. The predicted molar refractivity (Wildman–Crippen MR) is 79.7 cm³/mol. The van der Waals surface area contributed by atoms with Crippen molar-refractivity contribution in [3.63, 3.8) is 0 Å². The van der Waals surface area contributed by atoms with Crippen LogP contribution in [0.4, 0.5) is 4.79 Å². The molecule has 118 valence electrons. The van der Waals surface area contributed by atoms with Crippen LogP contribution >= 0.6 is 0 Å². The van der Waals surface area contributed by atoms with E-state index >= 15 is 0 Å². The summed E-state index contributed by atoms with van der Waals surface area (Å²) in [6.07, 6.45) is 1.38. The molecule has 2 amide bonds. The van der Waals surface area contributed by atoms with E-state index in [1.807, 2.05) is 18.2 Å². The number of rotatable bonds is 4. The van der Waals surface area contributed by atoms with Crippen LogP contribution in [0, 0.1) is 5.92 Å². The number of amides is 2. The van der Waals surface area contributed by atoms with Crippen molar-refractivity contribution in [1.82, 2.24) is 10.2 Å². The second kappa shape index (κ2) is 6.68. The summed E-state index contributed by atoms with van der Waals surface area (Å²) in [7, 11) is 0. The zero-order valence-corrected chi connectivity index (χ0v) is 12.4. The standard InChI is InChI=1S/C16H20N2O4/c19-15(11-18-6-8-22-16(18)20)17-10-12-5-7-21-14-4-2-1-3-13(14)9-12/h1-4,12H,5-11H2,(H,17,19). The quantitative estimate of drug-likeness (QED) is 0.907. The van der Waals surface area contributed by atoms with Crippen LogP contribution in [0.1, 0.15) is 12.0 Å². The Morgan fingerprint density at radius 3 is 2.95 bits per heavy atom. The number of hydrogen-bond acceptors (Lipinski definition) is 4. The van der Waals surface area contributed by atoms with Crippen LogP contribution in [0.5, 0.6) is 5.75 Å². The number of cyclic esters (lactones) is 1. The van der Waals surface area contributed by atoms with Crippen molar-refractivity contribution >= 4 is 12.0 Å². The normalized spacial score (nSPS) is 20.6. The maximum absolute atomic E-state index is 11.9. The van der Waals surface area contributed by atoms with Gasteiger partial charge in [0, 0.05) is 6.54 Å². The molecule has 1 saturated heterocycles. The lowest BCUT2D eigenvalue weighted by molar-refractivity contribution is -0.121. The second-order valence-electron chi connectivity index (χ2n) is 5.66. The van der Waals surface area contributed by atoms with E-state index in [9.17, 15) is 9.59 Å². The molecule has 0 radical (unpaired) electrons. The van der Waals surface area contributed by atoms with Crippen molar-refractivity contribution in [3.05, 3.63) is 29.8 Å². The number of benzene rings is 1. The third-order valence-corrected chi connectivity index (χ3v) is 4.03. The summed E-state index contributed by atoms with van der Waals surface area (Å²) in [5.74, 6) is 1.14. The van der Waals surface area contributed by atoms with Crippen LogP contribution < -0.4 is 10.1 Å². The zero-order valence-electron chi connectivity index (χ0n) is 12.4. The molecule has 0 spiro atoms. The Morgan fingerprint density at radius 1 is 1.27 bits per heavy atom. The van der Waals surface area contributed by atoms with Crippen LogP contribution in [-0.2, 0) is 16.0 Å². The Labute approximate surface area is 129 Å². The fourth-order valence-corrected chi connectivity index (χ4v) is 2.79. The van der Waals surface area contributed by atoms with E-state index in [2.05, 4.69) is 11.4 Å². The first kappa shape index (κ1) is 14.7. The monoisotopic (exact) mass is 304 g/mol. The minimum atomic E-state index is -0.410. The molecular formula is C16H20N2O4. The van der Waals surface area contributed by atoms with E-state index in [0.717, 1.165) is 18.6 Å². The lowest BCUT2D eigenvalue weighted by atomic mass is 9.97. The fourth-order valence-electron chi connectivity index (χ4n) is 2.79. The average molecular weight is 304 g/mol. The van der Waals surface area contributed by atoms with Crippen LogP contribution in [0.3, 0.4) is 0 Å². The molecular weight excluding hydrogens is 284 g/mol. The van der Waals surface area contributed by atoms with Crippen LogP contribution in [0.25, 0.3) is 0 Å². The number of nitrogens with one attached hydrogen (secondary N) is 1. The Morgan fingerprint density at radius 2 is 2.14 bits per heavy atom. The molecule has 22 heavy (non-hydrogen) atoms. The summed E-state index contributed by atoms with van der Waals surface area (Å²) in [5, 5.41) is 2.91. The highest BCUT2D eigenvalue weighted by Gasteiger charge is 2.24. The van der Waals surface area contributed by atoms with Crippen LogP contribution in [0.15, 0.2) is 24.3 Å². The molecule has 0 aliphatic carbocycles. The first-order chi connectivity index (χ1) is 10.7. The molecule has 1 aromatic rings. The number of hydrogen-bond donors (Lipinski definition) is 1. The Hall–Kier alpha value is -2.24. The van der Waals surface area contributed by atoms with Crippen molar-refractivity contribution in [3.8, 4) is 5.75 Å². The Balaban J connectivity index is 1.49. The molecule has 0 aromatic heterocycles. The topological polar surface area (TPSA) is 67.9 Å². The van der Waals surface area contributed by atoms with Gasteiger partial charge in [0.2, 0.25) is 5.91 Å². The van der Waals surface area contributed by atoms with E-state index in [1.165, 1.54) is 10.5 Å². The van der Waals surface area contributed by atoms with E-state index in [0.29, 0.717) is 32.2 Å². The van der Waals surface area contributed by atoms with Gasteiger partial charge in [0.05, 0.1) is 13.2 Å². The molecule has 1 atom stereocenters. The molecule has 1 fully saturated rings. The van der Waals surface area contributed by atoms with E-state index in [-0.39, 0.29) is 12.5 Å². The molecule has 1 unspecified atom stereocenters. The minimum Gasteiger partial charge on any atom is -0.493 e. The highest BCUT2D eigenvalue weighted by molar-refractivity contribution is 5.82. The van der Waals surface area contributed by atoms with E-state index in [4.69, 9.17) is 9.47 Å². The molecule has 0 bridgehead atoms. The summed E-state index contributed by atoms with van der Waals surface area (Å²) in [6, 6.07) is 8.02. The largest absolute Gasteiger partial charge is 0.493 e. The summed E-state index contributed by atoms with van der Waals surface area (Å²) >= 11 is 0. The molecule has 1 aromatic carbocycles.